The molecule has 0 saturated carbocycles. The van der Waals surface area contributed by atoms with Crippen molar-refractivity contribution in [3.05, 3.63) is 24.3 Å². The summed E-state index contributed by atoms with van der Waals surface area (Å²) in [6.07, 6.45) is 0.987. The molecule has 86 valence electrons. The van der Waals surface area contributed by atoms with E-state index in [1.165, 1.54) is 0 Å². The summed E-state index contributed by atoms with van der Waals surface area (Å²) in [6, 6.07) is 7.45. The van der Waals surface area contributed by atoms with Crippen molar-refractivity contribution >= 4 is 23.4 Å². The Morgan fingerprint density at radius 2 is 2.44 bits per heavy atom. The predicted octanol–water partition coefficient (Wildman–Crippen LogP) is 2.39. The van der Waals surface area contributed by atoms with E-state index in [1.54, 1.807) is 7.11 Å². The third-order valence-corrected chi connectivity index (χ3v) is 3.80. The van der Waals surface area contributed by atoms with Gasteiger partial charge in [0.15, 0.2) is 0 Å². The number of rotatable bonds is 3. The highest BCUT2D eigenvalue weighted by Crippen LogP contribution is 2.25. The van der Waals surface area contributed by atoms with Crippen LogP contribution in [0.1, 0.15) is 6.42 Å². The number of hydrogen-bond donors (Lipinski definition) is 1. The minimum absolute atomic E-state index is 0.123. The van der Waals surface area contributed by atoms with Crippen LogP contribution in [-0.4, -0.2) is 24.5 Å². The summed E-state index contributed by atoms with van der Waals surface area (Å²) in [5, 5.41) is 2.93. The van der Waals surface area contributed by atoms with Crippen LogP contribution >= 0.6 is 11.8 Å². The van der Waals surface area contributed by atoms with Crippen LogP contribution in [0.3, 0.4) is 0 Å². The monoisotopic (exact) mass is 237 g/mol. The Labute approximate surface area is 99.6 Å². The number of methoxy groups -OCH3 is 1. The van der Waals surface area contributed by atoms with Crippen LogP contribution in [0.4, 0.5) is 5.69 Å². The Kier molecular flexibility index (Phi) is 3.72. The van der Waals surface area contributed by atoms with Gasteiger partial charge in [-0.15, -0.1) is 0 Å². The molecule has 0 bridgehead atoms. The maximum absolute atomic E-state index is 11.8. The quantitative estimate of drug-likeness (QED) is 0.877. The van der Waals surface area contributed by atoms with Crippen molar-refractivity contribution in [2.75, 3.05) is 23.9 Å². The zero-order valence-corrected chi connectivity index (χ0v) is 10.0. The second-order valence-electron chi connectivity index (χ2n) is 3.78. The van der Waals surface area contributed by atoms with E-state index in [4.69, 9.17) is 4.74 Å². The summed E-state index contributed by atoms with van der Waals surface area (Å²) in [5.41, 5.74) is 0.807. The number of carbonyl (C=O) groups is 1. The molecule has 1 fully saturated rings. The molecule has 4 heteroatoms. The van der Waals surface area contributed by atoms with E-state index in [-0.39, 0.29) is 11.8 Å². The smallest absolute Gasteiger partial charge is 0.228 e. The fourth-order valence-electron chi connectivity index (χ4n) is 1.69. The Morgan fingerprint density at radius 1 is 1.56 bits per heavy atom. The van der Waals surface area contributed by atoms with Crippen LogP contribution in [0.5, 0.6) is 5.75 Å². The van der Waals surface area contributed by atoms with Gasteiger partial charge in [-0.3, -0.25) is 4.79 Å². The molecular weight excluding hydrogens is 222 g/mol. The number of amides is 1. The number of carbonyl (C=O) groups excluding carboxylic acids is 1. The van der Waals surface area contributed by atoms with E-state index in [1.807, 2.05) is 36.0 Å². The van der Waals surface area contributed by atoms with Crippen molar-refractivity contribution < 1.29 is 9.53 Å². The second-order valence-corrected chi connectivity index (χ2v) is 4.93. The molecule has 1 aromatic rings. The number of nitrogens with one attached hydrogen (secondary N) is 1. The van der Waals surface area contributed by atoms with Crippen molar-refractivity contribution in [3.63, 3.8) is 0 Å². The molecule has 1 aliphatic rings. The fourth-order valence-corrected chi connectivity index (χ4v) is 2.91. The van der Waals surface area contributed by atoms with Crippen molar-refractivity contribution in [3.8, 4) is 5.75 Å². The lowest BCUT2D eigenvalue weighted by Gasteiger charge is -2.10. The van der Waals surface area contributed by atoms with Crippen molar-refractivity contribution in [2.45, 2.75) is 6.42 Å². The van der Waals surface area contributed by atoms with Crippen LogP contribution in [0, 0.1) is 5.92 Å². The first-order valence-electron chi connectivity index (χ1n) is 5.32. The molecule has 1 aromatic carbocycles. The molecular formula is C12H15NO2S. The molecule has 0 aromatic heterocycles. The lowest BCUT2D eigenvalue weighted by atomic mass is 10.1. The number of hydrogen-bond acceptors (Lipinski definition) is 3. The molecule has 1 N–H and O–H groups in total. The molecule has 0 aliphatic carbocycles. The molecule has 1 aliphatic heterocycles. The van der Waals surface area contributed by atoms with Crippen LogP contribution in [0.25, 0.3) is 0 Å². The summed E-state index contributed by atoms with van der Waals surface area (Å²) in [4.78, 5) is 11.8. The first kappa shape index (κ1) is 11.3. The van der Waals surface area contributed by atoms with Gasteiger partial charge in [0.25, 0.3) is 0 Å². The fraction of sp³-hybridized carbons (Fsp3) is 0.417. The molecule has 1 amide bonds. The van der Waals surface area contributed by atoms with Gasteiger partial charge in [0, 0.05) is 23.4 Å². The zero-order chi connectivity index (χ0) is 11.4. The largest absolute Gasteiger partial charge is 0.497 e. The van der Waals surface area contributed by atoms with Gasteiger partial charge in [0.1, 0.15) is 5.75 Å². The lowest BCUT2D eigenvalue weighted by molar-refractivity contribution is -0.119. The standard InChI is InChI=1S/C12H15NO2S/c1-15-11-4-2-3-10(7-11)13-12(14)9-5-6-16-8-9/h2-4,7,9H,5-6,8H2,1H3,(H,13,14). The molecule has 0 spiro atoms. The maximum atomic E-state index is 11.8. The average Bonchev–Trinajstić information content (AvgIpc) is 2.83. The van der Waals surface area contributed by atoms with Crippen LogP contribution in [-0.2, 0) is 4.79 Å². The summed E-state index contributed by atoms with van der Waals surface area (Å²) in [6.45, 7) is 0. The van der Waals surface area contributed by atoms with Gasteiger partial charge >= 0.3 is 0 Å². The van der Waals surface area contributed by atoms with Crippen molar-refractivity contribution in [1.29, 1.82) is 0 Å². The average molecular weight is 237 g/mol. The third kappa shape index (κ3) is 2.70. The first-order valence-corrected chi connectivity index (χ1v) is 6.48. The molecule has 0 radical (unpaired) electrons. The summed E-state index contributed by atoms with van der Waals surface area (Å²) < 4.78 is 5.11. The highest BCUT2D eigenvalue weighted by molar-refractivity contribution is 7.99. The Balaban J connectivity index is 1.99. The van der Waals surface area contributed by atoms with Crippen molar-refractivity contribution in [2.24, 2.45) is 5.92 Å². The lowest BCUT2D eigenvalue weighted by Crippen LogP contribution is -2.22. The minimum Gasteiger partial charge on any atom is -0.497 e. The Hall–Kier alpha value is -1.16. The predicted molar refractivity (Wildman–Crippen MR) is 67.1 cm³/mol. The summed E-state index contributed by atoms with van der Waals surface area (Å²) in [7, 11) is 1.62. The minimum atomic E-state index is 0.123. The maximum Gasteiger partial charge on any atom is 0.228 e. The third-order valence-electron chi connectivity index (χ3n) is 2.64. The summed E-state index contributed by atoms with van der Waals surface area (Å²) in [5.74, 6) is 3.08. The first-order chi connectivity index (χ1) is 7.79. The van der Waals surface area contributed by atoms with Gasteiger partial charge in [0.05, 0.1) is 7.11 Å². The Bertz CT molecular complexity index is 375. The van der Waals surface area contributed by atoms with E-state index in [0.29, 0.717) is 0 Å². The topological polar surface area (TPSA) is 38.3 Å². The van der Waals surface area contributed by atoms with Gasteiger partial charge in [0.2, 0.25) is 5.91 Å². The van der Waals surface area contributed by atoms with Gasteiger partial charge in [-0.1, -0.05) is 6.07 Å². The van der Waals surface area contributed by atoms with Crippen LogP contribution in [0.2, 0.25) is 0 Å². The van der Waals surface area contributed by atoms with Gasteiger partial charge in [-0.2, -0.15) is 11.8 Å². The molecule has 1 heterocycles. The summed E-state index contributed by atoms with van der Waals surface area (Å²) >= 11 is 1.84. The molecule has 1 atom stereocenters. The van der Waals surface area contributed by atoms with E-state index >= 15 is 0 Å². The van der Waals surface area contributed by atoms with Gasteiger partial charge in [-0.05, 0) is 24.3 Å². The SMILES string of the molecule is COc1cccc(NC(=O)C2CCSC2)c1. The van der Waals surface area contributed by atoms with Crippen LogP contribution < -0.4 is 10.1 Å². The second kappa shape index (κ2) is 5.25. The molecule has 16 heavy (non-hydrogen) atoms. The molecule has 1 saturated heterocycles. The molecule has 2 rings (SSSR count). The van der Waals surface area contributed by atoms with E-state index in [9.17, 15) is 4.79 Å². The van der Waals surface area contributed by atoms with Crippen LogP contribution in [0.15, 0.2) is 24.3 Å². The molecule has 1 unspecified atom stereocenters. The number of ether oxygens (including phenoxy) is 1. The van der Waals surface area contributed by atoms with Gasteiger partial charge in [-0.25, -0.2) is 0 Å². The normalized spacial score (nSPS) is 19.4. The van der Waals surface area contributed by atoms with E-state index in [0.717, 1.165) is 29.4 Å². The van der Waals surface area contributed by atoms with Crippen molar-refractivity contribution in [1.82, 2.24) is 0 Å². The zero-order valence-electron chi connectivity index (χ0n) is 9.23. The van der Waals surface area contributed by atoms with E-state index in [2.05, 4.69) is 5.32 Å². The van der Waals surface area contributed by atoms with E-state index < -0.39 is 0 Å². The number of thioether (sulfide) groups is 1. The highest BCUT2D eigenvalue weighted by Gasteiger charge is 2.23. The highest BCUT2D eigenvalue weighted by atomic mass is 32.2. The Morgan fingerprint density at radius 3 is 3.12 bits per heavy atom. The number of anilines is 1. The molecule has 3 nitrogen and oxygen atoms in total. The van der Waals surface area contributed by atoms with Gasteiger partial charge < -0.3 is 10.1 Å². The number of benzene rings is 1.